The molecule has 0 aliphatic carbocycles. The van der Waals surface area contributed by atoms with Crippen molar-refractivity contribution in [1.29, 1.82) is 0 Å². The zero-order chi connectivity index (χ0) is 26.0. The van der Waals surface area contributed by atoms with E-state index in [1.807, 2.05) is 13.8 Å². The Bertz CT molecular complexity index is 1470. The standard InChI is InChI=1S/C26H23ClN4O4S/c1-14(2)23-21(22(27)12-20(15(3)32)25(23)34)13-36(35)17-10-8-16(9-11-17)24(33)18-6-4-5-7-19(18)26-28-30-31-29-26/h4-12,14,34H,13H2,1-3H3,(H,28,29,30,31). The summed E-state index contributed by atoms with van der Waals surface area (Å²) in [7, 11) is -1.52. The molecule has 1 aromatic heterocycles. The number of carbonyl (C=O) groups is 2. The number of ketones is 2. The lowest BCUT2D eigenvalue weighted by Crippen LogP contribution is -2.07. The summed E-state index contributed by atoms with van der Waals surface area (Å²) in [4.78, 5) is 25.6. The number of nitrogens with one attached hydrogen (secondary N) is 1. The van der Waals surface area contributed by atoms with Crippen molar-refractivity contribution >= 4 is 34.0 Å². The molecule has 0 saturated carbocycles. The molecule has 36 heavy (non-hydrogen) atoms. The van der Waals surface area contributed by atoms with Gasteiger partial charge >= 0.3 is 0 Å². The zero-order valence-corrected chi connectivity index (χ0v) is 21.4. The van der Waals surface area contributed by atoms with E-state index in [0.29, 0.717) is 38.5 Å². The second kappa shape index (κ2) is 10.5. The molecule has 0 bridgehead atoms. The fourth-order valence-corrected chi connectivity index (χ4v) is 5.55. The number of phenols is 1. The maximum Gasteiger partial charge on any atom is 0.205 e. The van der Waals surface area contributed by atoms with E-state index >= 15 is 0 Å². The lowest BCUT2D eigenvalue weighted by molar-refractivity contribution is 0.101. The quantitative estimate of drug-likeness (QED) is 0.308. The Balaban J connectivity index is 1.61. The maximum atomic E-state index is 13.2. The summed E-state index contributed by atoms with van der Waals surface area (Å²) in [5.41, 5.74) is 2.56. The van der Waals surface area contributed by atoms with Gasteiger partial charge in [-0.3, -0.25) is 13.8 Å². The van der Waals surface area contributed by atoms with Crippen LogP contribution < -0.4 is 0 Å². The number of rotatable bonds is 8. The fourth-order valence-electron chi connectivity index (χ4n) is 4.02. The van der Waals surface area contributed by atoms with Crippen molar-refractivity contribution < 1.29 is 18.9 Å². The van der Waals surface area contributed by atoms with Crippen LogP contribution in [-0.2, 0) is 16.6 Å². The number of carbonyl (C=O) groups excluding carboxylic acids is 2. The average molecular weight is 523 g/mol. The molecule has 1 heterocycles. The van der Waals surface area contributed by atoms with Crippen molar-refractivity contribution in [3.63, 3.8) is 0 Å². The van der Waals surface area contributed by atoms with E-state index in [0.717, 1.165) is 0 Å². The number of aromatic nitrogens is 4. The molecule has 8 nitrogen and oxygen atoms in total. The van der Waals surface area contributed by atoms with E-state index in [-0.39, 0.29) is 39.6 Å². The number of phenolic OH excluding ortho intramolecular Hbond substituents is 1. The van der Waals surface area contributed by atoms with E-state index in [1.54, 1.807) is 48.5 Å². The summed E-state index contributed by atoms with van der Waals surface area (Å²) in [5, 5.41) is 24.8. The first-order chi connectivity index (χ1) is 17.2. The molecule has 1 atom stereocenters. The summed E-state index contributed by atoms with van der Waals surface area (Å²) in [5.74, 6) is -0.448. The molecule has 3 aromatic carbocycles. The van der Waals surface area contributed by atoms with Gasteiger partial charge < -0.3 is 5.11 Å². The summed E-state index contributed by atoms with van der Waals surface area (Å²) >= 11 is 6.46. The molecule has 2 N–H and O–H groups in total. The van der Waals surface area contributed by atoms with Crippen molar-refractivity contribution in [2.75, 3.05) is 0 Å². The number of hydrogen-bond donors (Lipinski definition) is 2. The second-order valence-electron chi connectivity index (χ2n) is 8.48. The molecule has 0 radical (unpaired) electrons. The molecule has 0 saturated heterocycles. The number of halogens is 1. The van der Waals surface area contributed by atoms with E-state index in [4.69, 9.17) is 11.6 Å². The summed E-state index contributed by atoms with van der Waals surface area (Å²) in [6.45, 7) is 5.10. The Morgan fingerprint density at radius 1 is 1.08 bits per heavy atom. The Morgan fingerprint density at radius 3 is 2.39 bits per heavy atom. The Morgan fingerprint density at radius 2 is 1.78 bits per heavy atom. The third kappa shape index (κ3) is 4.98. The van der Waals surface area contributed by atoms with Crippen molar-refractivity contribution in [3.8, 4) is 17.1 Å². The van der Waals surface area contributed by atoms with Gasteiger partial charge in [-0.25, -0.2) is 0 Å². The van der Waals surface area contributed by atoms with E-state index in [2.05, 4.69) is 20.6 Å². The van der Waals surface area contributed by atoms with Crippen molar-refractivity contribution in [1.82, 2.24) is 20.6 Å². The van der Waals surface area contributed by atoms with Crippen molar-refractivity contribution in [2.24, 2.45) is 0 Å². The zero-order valence-electron chi connectivity index (χ0n) is 19.8. The minimum Gasteiger partial charge on any atom is -0.507 e. The van der Waals surface area contributed by atoms with Gasteiger partial charge in [0, 0.05) is 32.2 Å². The van der Waals surface area contributed by atoms with E-state index < -0.39 is 10.8 Å². The highest BCUT2D eigenvalue weighted by Gasteiger charge is 2.23. The first-order valence-electron chi connectivity index (χ1n) is 11.1. The van der Waals surface area contributed by atoms with Crippen LogP contribution in [0.15, 0.2) is 59.5 Å². The molecular weight excluding hydrogens is 500 g/mol. The molecule has 1 unspecified atom stereocenters. The van der Waals surface area contributed by atoms with Crippen molar-refractivity contribution in [2.45, 2.75) is 37.3 Å². The third-order valence-electron chi connectivity index (χ3n) is 5.76. The number of aromatic amines is 1. The summed E-state index contributed by atoms with van der Waals surface area (Å²) in [6.07, 6.45) is 0. The van der Waals surface area contributed by atoms with Gasteiger partial charge in [-0.2, -0.15) is 5.21 Å². The van der Waals surface area contributed by atoms with Gasteiger partial charge in [-0.1, -0.05) is 49.7 Å². The van der Waals surface area contributed by atoms with Gasteiger partial charge in [0.2, 0.25) is 5.82 Å². The highest BCUT2D eigenvalue weighted by molar-refractivity contribution is 7.84. The highest BCUT2D eigenvalue weighted by atomic mass is 35.5. The van der Waals surface area contributed by atoms with Gasteiger partial charge in [-0.15, -0.1) is 10.2 Å². The van der Waals surface area contributed by atoms with Crippen LogP contribution in [0.4, 0.5) is 0 Å². The van der Waals surface area contributed by atoms with Gasteiger partial charge in [0.25, 0.3) is 0 Å². The normalized spacial score (nSPS) is 12.0. The smallest absolute Gasteiger partial charge is 0.205 e. The molecule has 0 spiro atoms. The molecule has 0 fully saturated rings. The number of hydrogen-bond acceptors (Lipinski definition) is 7. The average Bonchev–Trinajstić information content (AvgIpc) is 3.40. The maximum absolute atomic E-state index is 13.2. The number of H-pyrrole nitrogens is 1. The highest BCUT2D eigenvalue weighted by Crippen LogP contribution is 2.38. The van der Waals surface area contributed by atoms with E-state index in [9.17, 15) is 18.9 Å². The Kier molecular flexibility index (Phi) is 7.42. The van der Waals surface area contributed by atoms with Crippen LogP contribution >= 0.6 is 11.6 Å². The monoisotopic (exact) mass is 522 g/mol. The first kappa shape index (κ1) is 25.4. The van der Waals surface area contributed by atoms with Gasteiger partial charge in [0.15, 0.2) is 11.6 Å². The van der Waals surface area contributed by atoms with Crippen LogP contribution in [0.2, 0.25) is 5.02 Å². The molecule has 4 aromatic rings. The predicted octanol–water partition coefficient (Wildman–Crippen LogP) is 5.09. The molecule has 0 aliphatic rings. The summed E-state index contributed by atoms with van der Waals surface area (Å²) < 4.78 is 13.2. The van der Waals surface area contributed by atoms with Gasteiger partial charge in [-0.05, 0) is 54.0 Å². The second-order valence-corrected chi connectivity index (χ2v) is 10.3. The summed E-state index contributed by atoms with van der Waals surface area (Å²) in [6, 6.07) is 14.9. The minimum atomic E-state index is -1.52. The van der Waals surface area contributed by atoms with Crippen LogP contribution in [0.1, 0.15) is 64.1 Å². The fraction of sp³-hybridized carbons (Fsp3) is 0.192. The molecule has 184 valence electrons. The molecule has 4 rings (SSSR count). The third-order valence-corrected chi connectivity index (χ3v) is 7.45. The number of benzene rings is 3. The van der Waals surface area contributed by atoms with Crippen LogP contribution in [0, 0.1) is 0 Å². The molecular formula is C26H23ClN4O4S. The van der Waals surface area contributed by atoms with Crippen LogP contribution in [-0.4, -0.2) is 41.5 Å². The largest absolute Gasteiger partial charge is 0.507 e. The Hall–Kier alpha value is -3.69. The predicted molar refractivity (Wildman–Crippen MR) is 137 cm³/mol. The van der Waals surface area contributed by atoms with Crippen LogP contribution in [0.25, 0.3) is 11.4 Å². The Labute approximate surface area is 215 Å². The van der Waals surface area contributed by atoms with Crippen LogP contribution in [0.3, 0.4) is 0 Å². The molecule has 10 heteroatoms. The van der Waals surface area contributed by atoms with Crippen molar-refractivity contribution in [3.05, 3.63) is 87.4 Å². The SMILES string of the molecule is CC(=O)c1cc(Cl)c(CS(=O)c2ccc(C(=O)c3ccccc3-c3nn[nH]n3)cc2)c(C(C)C)c1O. The topological polar surface area (TPSA) is 126 Å². The number of Topliss-reactive ketones (excluding diaryl/α,β-unsaturated/α-hetero) is 1. The lowest BCUT2D eigenvalue weighted by atomic mass is 9.93. The van der Waals surface area contributed by atoms with Gasteiger partial charge in [0.1, 0.15) is 5.75 Å². The first-order valence-corrected chi connectivity index (χ1v) is 12.8. The lowest BCUT2D eigenvalue weighted by Gasteiger charge is -2.18. The molecule has 0 amide bonds. The number of tetrazole rings is 1. The minimum absolute atomic E-state index is 0.0477. The van der Waals surface area contributed by atoms with E-state index in [1.165, 1.54) is 13.0 Å². The number of nitrogens with zero attached hydrogens (tertiary/aromatic N) is 3. The molecule has 0 aliphatic heterocycles. The number of aromatic hydroxyl groups is 1. The van der Waals surface area contributed by atoms with Crippen LogP contribution in [0.5, 0.6) is 5.75 Å². The van der Waals surface area contributed by atoms with Gasteiger partial charge in [0.05, 0.1) is 22.1 Å².